The van der Waals surface area contributed by atoms with Gasteiger partial charge in [-0.2, -0.15) is 0 Å². The molecule has 5 rings (SSSR count). The largest absolute Gasteiger partial charge is 0.497 e. The number of benzene rings is 1. The van der Waals surface area contributed by atoms with E-state index in [0.29, 0.717) is 6.54 Å². The van der Waals surface area contributed by atoms with Gasteiger partial charge in [0.15, 0.2) is 0 Å². The quantitative estimate of drug-likeness (QED) is 0.475. The first kappa shape index (κ1) is 21.6. The number of methoxy groups -OCH3 is 1. The highest BCUT2D eigenvalue weighted by Crippen LogP contribution is 2.38. The number of ether oxygens (including phenoxy) is 1. The number of carbonyl (C=O) groups is 1. The number of hydrogen-bond acceptors (Lipinski definition) is 7. The summed E-state index contributed by atoms with van der Waals surface area (Å²) >= 11 is 1.66. The van der Waals surface area contributed by atoms with E-state index in [-0.39, 0.29) is 11.8 Å². The molecule has 1 N–H and O–H groups in total. The van der Waals surface area contributed by atoms with E-state index in [1.165, 1.54) is 5.56 Å². The predicted octanol–water partition coefficient (Wildman–Crippen LogP) is 4.40. The monoisotopic (exact) mass is 461 g/mol. The Balaban J connectivity index is 1.28. The maximum atomic E-state index is 12.8. The molecule has 4 heterocycles. The second-order valence-electron chi connectivity index (χ2n) is 8.57. The fourth-order valence-electron chi connectivity index (χ4n) is 4.59. The van der Waals surface area contributed by atoms with Gasteiger partial charge in [-0.15, -0.1) is 11.3 Å². The van der Waals surface area contributed by atoms with E-state index < -0.39 is 0 Å². The SMILES string of the molecule is COc1cccc(CNC(=O)C2CCN(c3ncnc4c3sc3nc(C)cc(C)c34)CC2)c1. The Hall–Kier alpha value is -3.26. The molecule has 0 unspecified atom stereocenters. The van der Waals surface area contributed by atoms with Crippen molar-refractivity contribution in [1.82, 2.24) is 20.3 Å². The highest BCUT2D eigenvalue weighted by molar-refractivity contribution is 7.26. The first-order chi connectivity index (χ1) is 16.0. The Bertz CT molecular complexity index is 1330. The van der Waals surface area contributed by atoms with Crippen LogP contribution in [0.2, 0.25) is 0 Å². The molecular formula is C25H27N5O2S. The van der Waals surface area contributed by atoms with Crippen molar-refractivity contribution in [2.75, 3.05) is 25.1 Å². The van der Waals surface area contributed by atoms with Crippen molar-refractivity contribution in [2.24, 2.45) is 5.92 Å². The van der Waals surface area contributed by atoms with Gasteiger partial charge >= 0.3 is 0 Å². The minimum atomic E-state index is 0.0122. The zero-order valence-electron chi connectivity index (χ0n) is 19.1. The summed E-state index contributed by atoms with van der Waals surface area (Å²) in [5.74, 6) is 1.88. The molecule has 0 radical (unpaired) electrons. The number of pyridine rings is 1. The van der Waals surface area contributed by atoms with E-state index in [4.69, 9.17) is 9.72 Å². The predicted molar refractivity (Wildman–Crippen MR) is 132 cm³/mol. The summed E-state index contributed by atoms with van der Waals surface area (Å²) in [6, 6.07) is 9.89. The molecule has 1 aromatic carbocycles. The highest BCUT2D eigenvalue weighted by Gasteiger charge is 2.27. The number of nitrogens with one attached hydrogen (secondary N) is 1. The van der Waals surface area contributed by atoms with E-state index in [1.807, 2.05) is 31.2 Å². The molecule has 8 heteroatoms. The molecule has 0 atom stereocenters. The van der Waals surface area contributed by atoms with E-state index in [1.54, 1.807) is 24.8 Å². The second-order valence-corrected chi connectivity index (χ2v) is 9.57. The van der Waals surface area contributed by atoms with Gasteiger partial charge in [0, 0.05) is 36.6 Å². The summed E-state index contributed by atoms with van der Waals surface area (Å²) in [7, 11) is 1.65. The van der Waals surface area contributed by atoms with Crippen LogP contribution in [0.5, 0.6) is 5.75 Å². The second kappa shape index (κ2) is 8.94. The minimum absolute atomic E-state index is 0.0122. The first-order valence-corrected chi connectivity index (χ1v) is 12.0. The van der Waals surface area contributed by atoms with Gasteiger partial charge in [0.25, 0.3) is 0 Å². The van der Waals surface area contributed by atoms with Crippen LogP contribution >= 0.6 is 11.3 Å². The van der Waals surface area contributed by atoms with Gasteiger partial charge in [-0.05, 0) is 56.0 Å². The molecule has 170 valence electrons. The number of rotatable bonds is 5. The van der Waals surface area contributed by atoms with Crippen LogP contribution in [0.15, 0.2) is 36.7 Å². The fourth-order valence-corrected chi connectivity index (χ4v) is 5.86. The Morgan fingerprint density at radius 1 is 1.21 bits per heavy atom. The van der Waals surface area contributed by atoms with Gasteiger partial charge in [-0.3, -0.25) is 4.79 Å². The first-order valence-electron chi connectivity index (χ1n) is 11.2. The van der Waals surface area contributed by atoms with Crippen molar-refractivity contribution in [2.45, 2.75) is 33.2 Å². The minimum Gasteiger partial charge on any atom is -0.497 e. The number of piperidine rings is 1. The summed E-state index contributed by atoms with van der Waals surface area (Å²) in [5.41, 5.74) is 4.22. The Kier molecular flexibility index (Phi) is 5.85. The van der Waals surface area contributed by atoms with E-state index in [2.05, 4.69) is 33.2 Å². The maximum Gasteiger partial charge on any atom is 0.223 e. The molecule has 0 aliphatic carbocycles. The summed E-state index contributed by atoms with van der Waals surface area (Å²) in [4.78, 5) is 30.0. The van der Waals surface area contributed by atoms with Crippen molar-refractivity contribution in [3.8, 4) is 5.75 Å². The molecule has 7 nitrogen and oxygen atoms in total. The lowest BCUT2D eigenvalue weighted by Gasteiger charge is -2.32. The number of amides is 1. The molecule has 3 aromatic heterocycles. The average molecular weight is 462 g/mol. The van der Waals surface area contributed by atoms with Crippen LogP contribution in [0.1, 0.15) is 29.7 Å². The van der Waals surface area contributed by atoms with Crippen molar-refractivity contribution >= 4 is 43.5 Å². The lowest BCUT2D eigenvalue weighted by molar-refractivity contribution is -0.125. The Morgan fingerprint density at radius 3 is 2.82 bits per heavy atom. The summed E-state index contributed by atoms with van der Waals surface area (Å²) < 4.78 is 6.34. The summed E-state index contributed by atoms with van der Waals surface area (Å²) in [5, 5.41) is 4.21. The molecular weight excluding hydrogens is 434 g/mol. The number of aromatic nitrogens is 3. The number of hydrogen-bond donors (Lipinski definition) is 1. The van der Waals surface area contributed by atoms with Crippen LogP contribution in [0.25, 0.3) is 20.4 Å². The van der Waals surface area contributed by atoms with Gasteiger partial charge in [0.05, 0.1) is 17.3 Å². The van der Waals surface area contributed by atoms with Gasteiger partial charge in [-0.1, -0.05) is 12.1 Å². The van der Waals surface area contributed by atoms with Crippen LogP contribution in [0, 0.1) is 19.8 Å². The molecule has 1 aliphatic heterocycles. The number of nitrogens with zero attached hydrogens (tertiary/aromatic N) is 4. The third-order valence-electron chi connectivity index (χ3n) is 6.30. The average Bonchev–Trinajstić information content (AvgIpc) is 3.21. The lowest BCUT2D eigenvalue weighted by Crippen LogP contribution is -2.40. The van der Waals surface area contributed by atoms with Crippen molar-refractivity contribution in [1.29, 1.82) is 0 Å². The van der Waals surface area contributed by atoms with Crippen LogP contribution in [-0.2, 0) is 11.3 Å². The number of aryl methyl sites for hydroxylation is 2. The smallest absolute Gasteiger partial charge is 0.223 e. The standard InChI is InChI=1S/C25H27N5O2S/c1-15-11-16(2)29-25-20(15)21-22(33-25)23(28-14-27-21)30-9-7-18(8-10-30)24(31)26-13-17-5-4-6-19(12-17)32-3/h4-6,11-12,14,18H,7-10,13H2,1-3H3,(H,26,31). The van der Waals surface area contributed by atoms with Gasteiger partial charge in [0.2, 0.25) is 5.91 Å². The third kappa shape index (κ3) is 4.23. The van der Waals surface area contributed by atoms with E-state index >= 15 is 0 Å². The van der Waals surface area contributed by atoms with Crippen molar-refractivity contribution in [3.05, 3.63) is 53.5 Å². The number of carbonyl (C=O) groups excluding carboxylic acids is 1. The molecule has 4 aromatic rings. The molecule has 1 amide bonds. The molecule has 33 heavy (non-hydrogen) atoms. The van der Waals surface area contributed by atoms with Gasteiger partial charge in [0.1, 0.15) is 22.7 Å². The van der Waals surface area contributed by atoms with Crippen molar-refractivity contribution < 1.29 is 9.53 Å². The third-order valence-corrected chi connectivity index (χ3v) is 7.37. The normalized spacial score (nSPS) is 14.7. The van der Waals surface area contributed by atoms with Crippen LogP contribution in [0.4, 0.5) is 5.82 Å². The van der Waals surface area contributed by atoms with E-state index in [9.17, 15) is 4.79 Å². The number of thiophene rings is 1. The fraction of sp³-hybridized carbons (Fsp3) is 0.360. The number of fused-ring (bicyclic) bond motifs is 3. The topological polar surface area (TPSA) is 80.2 Å². The molecule has 1 saturated heterocycles. The Morgan fingerprint density at radius 2 is 2.03 bits per heavy atom. The van der Waals surface area contributed by atoms with Crippen LogP contribution in [-0.4, -0.2) is 41.1 Å². The van der Waals surface area contributed by atoms with Crippen LogP contribution < -0.4 is 15.0 Å². The van der Waals surface area contributed by atoms with Gasteiger partial charge < -0.3 is 15.0 Å². The molecule has 0 spiro atoms. The molecule has 1 fully saturated rings. The summed E-state index contributed by atoms with van der Waals surface area (Å²) in [6.45, 7) is 6.23. The molecule has 0 bridgehead atoms. The Labute approximate surface area is 196 Å². The molecule has 0 saturated carbocycles. The van der Waals surface area contributed by atoms with Crippen molar-refractivity contribution in [3.63, 3.8) is 0 Å². The van der Waals surface area contributed by atoms with Crippen LogP contribution in [0.3, 0.4) is 0 Å². The lowest BCUT2D eigenvalue weighted by atomic mass is 9.95. The maximum absolute atomic E-state index is 12.8. The highest BCUT2D eigenvalue weighted by atomic mass is 32.1. The summed E-state index contributed by atoms with van der Waals surface area (Å²) in [6.07, 6.45) is 3.25. The van der Waals surface area contributed by atoms with Gasteiger partial charge in [-0.25, -0.2) is 15.0 Å². The zero-order valence-corrected chi connectivity index (χ0v) is 19.9. The zero-order chi connectivity index (χ0) is 22.9. The van der Waals surface area contributed by atoms with E-state index in [0.717, 1.165) is 69.2 Å². The number of anilines is 1. The molecule has 1 aliphatic rings.